The first-order chi connectivity index (χ1) is 22.2. The Labute approximate surface area is 262 Å². The summed E-state index contributed by atoms with van der Waals surface area (Å²) in [6.07, 6.45) is 3.55. The molecule has 0 aliphatic heterocycles. The Morgan fingerprint density at radius 3 is 1.76 bits per heavy atom. The first-order valence-electron chi connectivity index (χ1n) is 15.2. The Morgan fingerprint density at radius 1 is 0.467 bits per heavy atom. The van der Waals surface area contributed by atoms with Crippen LogP contribution < -0.4 is 4.90 Å². The van der Waals surface area contributed by atoms with Gasteiger partial charge in [0, 0.05) is 51.5 Å². The smallest absolute Gasteiger partial charge is 0.159 e. The summed E-state index contributed by atoms with van der Waals surface area (Å²) in [7, 11) is 0. The predicted octanol–water partition coefficient (Wildman–Crippen LogP) is 10.7. The molecule has 45 heavy (non-hydrogen) atoms. The Hall–Kier alpha value is -6.00. The summed E-state index contributed by atoms with van der Waals surface area (Å²) in [6, 6.07) is 53.7. The van der Waals surface area contributed by atoms with E-state index in [0.717, 1.165) is 34.0 Å². The SMILES string of the molecule is Cc1cc(-c2ccc(-c3ncccn3)cc2)ccc1-n1c2ccccc2c2cc(N(c3ccccc3)c3ccccc3)ccc21. The summed E-state index contributed by atoms with van der Waals surface area (Å²) in [5, 5.41) is 2.46. The summed E-state index contributed by atoms with van der Waals surface area (Å²) in [5.41, 5.74) is 11.5. The molecular formula is C41H30N4. The molecule has 0 N–H and O–H groups in total. The van der Waals surface area contributed by atoms with Crippen molar-refractivity contribution in [3.8, 4) is 28.2 Å². The van der Waals surface area contributed by atoms with Crippen LogP contribution in [0.2, 0.25) is 0 Å². The van der Waals surface area contributed by atoms with Crippen molar-refractivity contribution in [1.29, 1.82) is 0 Å². The van der Waals surface area contributed by atoms with Crippen molar-refractivity contribution >= 4 is 38.9 Å². The maximum absolute atomic E-state index is 4.38. The molecule has 2 heterocycles. The average Bonchev–Trinajstić information content (AvgIpc) is 3.43. The van der Waals surface area contributed by atoms with Gasteiger partial charge in [0.2, 0.25) is 0 Å². The Kier molecular flexibility index (Phi) is 6.65. The van der Waals surface area contributed by atoms with Crippen LogP contribution in [0.5, 0.6) is 0 Å². The van der Waals surface area contributed by atoms with Gasteiger partial charge in [-0.25, -0.2) is 9.97 Å². The number of anilines is 3. The van der Waals surface area contributed by atoms with Gasteiger partial charge in [0.25, 0.3) is 0 Å². The number of para-hydroxylation sites is 3. The van der Waals surface area contributed by atoms with Gasteiger partial charge in [0.1, 0.15) is 0 Å². The van der Waals surface area contributed by atoms with Gasteiger partial charge in [0.05, 0.1) is 11.0 Å². The van der Waals surface area contributed by atoms with E-state index >= 15 is 0 Å². The van der Waals surface area contributed by atoms with Crippen LogP contribution in [0.1, 0.15) is 5.56 Å². The minimum Gasteiger partial charge on any atom is -0.310 e. The molecule has 0 atom stereocenters. The summed E-state index contributed by atoms with van der Waals surface area (Å²) in [6.45, 7) is 2.20. The van der Waals surface area contributed by atoms with Crippen LogP contribution in [0.15, 0.2) is 164 Å². The molecule has 4 nitrogen and oxygen atoms in total. The van der Waals surface area contributed by atoms with Crippen molar-refractivity contribution in [2.75, 3.05) is 4.90 Å². The number of nitrogens with zero attached hydrogens (tertiary/aromatic N) is 4. The van der Waals surface area contributed by atoms with Crippen LogP contribution in [0.25, 0.3) is 50.0 Å². The van der Waals surface area contributed by atoms with Gasteiger partial charge < -0.3 is 9.47 Å². The molecule has 6 aromatic carbocycles. The van der Waals surface area contributed by atoms with Gasteiger partial charge in [-0.05, 0) is 90.3 Å². The van der Waals surface area contributed by atoms with Crippen molar-refractivity contribution in [3.63, 3.8) is 0 Å². The summed E-state index contributed by atoms with van der Waals surface area (Å²) < 4.78 is 2.40. The number of fused-ring (bicyclic) bond motifs is 3. The fraction of sp³-hybridized carbons (Fsp3) is 0.0244. The van der Waals surface area contributed by atoms with E-state index in [0.29, 0.717) is 0 Å². The molecule has 0 unspecified atom stereocenters. The number of rotatable bonds is 6. The number of aryl methyl sites for hydroxylation is 1. The lowest BCUT2D eigenvalue weighted by molar-refractivity contribution is 1.15. The van der Waals surface area contributed by atoms with Crippen molar-refractivity contribution in [1.82, 2.24) is 14.5 Å². The minimum atomic E-state index is 0.737. The average molecular weight is 579 g/mol. The third-order valence-corrected chi connectivity index (χ3v) is 8.42. The number of hydrogen-bond donors (Lipinski definition) is 0. The largest absolute Gasteiger partial charge is 0.310 e. The molecule has 2 aromatic heterocycles. The summed E-state index contributed by atoms with van der Waals surface area (Å²) in [4.78, 5) is 11.1. The van der Waals surface area contributed by atoms with Crippen LogP contribution >= 0.6 is 0 Å². The van der Waals surface area contributed by atoms with Crippen molar-refractivity contribution < 1.29 is 0 Å². The molecule has 0 saturated carbocycles. The zero-order valence-corrected chi connectivity index (χ0v) is 24.9. The molecule has 4 heteroatoms. The summed E-state index contributed by atoms with van der Waals surface area (Å²) in [5.74, 6) is 0.737. The van der Waals surface area contributed by atoms with E-state index < -0.39 is 0 Å². The van der Waals surface area contributed by atoms with E-state index in [-0.39, 0.29) is 0 Å². The van der Waals surface area contributed by atoms with Crippen LogP contribution in [0.3, 0.4) is 0 Å². The first kappa shape index (κ1) is 26.6. The second-order valence-corrected chi connectivity index (χ2v) is 11.2. The number of hydrogen-bond acceptors (Lipinski definition) is 3. The number of benzene rings is 6. The molecule has 0 saturated heterocycles. The maximum atomic E-state index is 4.38. The van der Waals surface area contributed by atoms with Crippen LogP contribution in [0, 0.1) is 6.92 Å². The zero-order chi connectivity index (χ0) is 30.2. The molecule has 0 spiro atoms. The third-order valence-electron chi connectivity index (χ3n) is 8.42. The Morgan fingerprint density at radius 2 is 1.07 bits per heavy atom. The molecule has 8 rings (SSSR count). The van der Waals surface area contributed by atoms with E-state index in [9.17, 15) is 0 Å². The highest BCUT2D eigenvalue weighted by Gasteiger charge is 2.18. The van der Waals surface area contributed by atoms with Gasteiger partial charge in [-0.3, -0.25) is 0 Å². The molecule has 0 aliphatic carbocycles. The minimum absolute atomic E-state index is 0.737. The van der Waals surface area contributed by atoms with Crippen LogP contribution in [0.4, 0.5) is 17.1 Å². The van der Waals surface area contributed by atoms with E-state index in [1.54, 1.807) is 12.4 Å². The standard InChI is InChI=1S/C41H30N4/c1-29-27-32(30-17-19-31(20-18-30)41-42-25-10-26-43-41)21-23-38(29)45-39-16-9-8-15-36(39)37-28-35(22-24-40(37)45)44(33-11-4-2-5-12-33)34-13-6-3-7-14-34/h2-28H,1H3. The predicted molar refractivity (Wildman–Crippen MR) is 187 cm³/mol. The molecule has 214 valence electrons. The van der Waals surface area contributed by atoms with Crippen LogP contribution in [-0.4, -0.2) is 14.5 Å². The topological polar surface area (TPSA) is 34.0 Å². The van der Waals surface area contributed by atoms with Crippen LogP contribution in [-0.2, 0) is 0 Å². The van der Waals surface area contributed by atoms with Gasteiger partial charge in [0.15, 0.2) is 5.82 Å². The highest BCUT2D eigenvalue weighted by atomic mass is 15.1. The molecule has 0 amide bonds. The van der Waals surface area contributed by atoms with Gasteiger partial charge in [-0.1, -0.05) is 84.9 Å². The van der Waals surface area contributed by atoms with Crippen molar-refractivity contribution in [2.45, 2.75) is 6.92 Å². The highest BCUT2D eigenvalue weighted by Crippen LogP contribution is 2.40. The zero-order valence-electron chi connectivity index (χ0n) is 24.9. The quantitative estimate of drug-likeness (QED) is 0.197. The summed E-state index contributed by atoms with van der Waals surface area (Å²) >= 11 is 0. The number of aromatic nitrogens is 3. The van der Waals surface area contributed by atoms with E-state index in [1.165, 1.54) is 38.6 Å². The lowest BCUT2D eigenvalue weighted by atomic mass is 10.0. The molecular weight excluding hydrogens is 548 g/mol. The fourth-order valence-corrected chi connectivity index (χ4v) is 6.31. The van der Waals surface area contributed by atoms with E-state index in [4.69, 9.17) is 0 Å². The Balaban J connectivity index is 1.23. The monoisotopic (exact) mass is 578 g/mol. The molecule has 0 radical (unpaired) electrons. The lowest BCUT2D eigenvalue weighted by Gasteiger charge is -2.25. The second-order valence-electron chi connectivity index (χ2n) is 11.2. The lowest BCUT2D eigenvalue weighted by Crippen LogP contribution is -2.09. The first-order valence-corrected chi connectivity index (χ1v) is 15.2. The highest BCUT2D eigenvalue weighted by molar-refractivity contribution is 6.10. The fourth-order valence-electron chi connectivity index (χ4n) is 6.31. The van der Waals surface area contributed by atoms with Gasteiger partial charge >= 0.3 is 0 Å². The van der Waals surface area contributed by atoms with Gasteiger partial charge in [-0.15, -0.1) is 0 Å². The third kappa shape index (κ3) is 4.83. The normalized spacial score (nSPS) is 11.2. The molecule has 0 aliphatic rings. The van der Waals surface area contributed by atoms with Gasteiger partial charge in [-0.2, -0.15) is 0 Å². The van der Waals surface area contributed by atoms with E-state index in [1.807, 2.05) is 6.07 Å². The van der Waals surface area contributed by atoms with Crippen molar-refractivity contribution in [2.24, 2.45) is 0 Å². The second kappa shape index (κ2) is 11.3. The maximum Gasteiger partial charge on any atom is 0.159 e. The molecule has 8 aromatic rings. The molecule has 0 fully saturated rings. The molecule has 0 bridgehead atoms. The van der Waals surface area contributed by atoms with E-state index in [2.05, 4.69) is 172 Å². The Bertz CT molecular complexity index is 2220. The van der Waals surface area contributed by atoms with Crippen molar-refractivity contribution in [3.05, 3.63) is 170 Å².